The lowest BCUT2D eigenvalue weighted by atomic mass is 9.88. The first-order valence-electron chi connectivity index (χ1n) is 7.07. The third kappa shape index (κ3) is 2.29. The predicted molar refractivity (Wildman–Crippen MR) is 77.9 cm³/mol. The smallest absolute Gasteiger partial charge is 0.166 e. The molecule has 0 aliphatic carbocycles. The zero-order chi connectivity index (χ0) is 13.6. The van der Waals surface area contributed by atoms with Crippen LogP contribution in [0.4, 0.5) is 0 Å². The largest absolute Gasteiger partial charge is 0.294 e. The van der Waals surface area contributed by atoms with Crippen LogP contribution in [0.25, 0.3) is 0 Å². The van der Waals surface area contributed by atoms with Gasteiger partial charge in [-0.3, -0.25) is 9.00 Å². The van der Waals surface area contributed by atoms with Crippen LogP contribution in [0.5, 0.6) is 0 Å². The van der Waals surface area contributed by atoms with E-state index in [-0.39, 0.29) is 22.2 Å². The van der Waals surface area contributed by atoms with Gasteiger partial charge in [-0.15, -0.1) is 0 Å². The van der Waals surface area contributed by atoms with Gasteiger partial charge in [0, 0.05) is 32.8 Å². The van der Waals surface area contributed by atoms with Gasteiger partial charge in [0.25, 0.3) is 0 Å². The highest BCUT2D eigenvalue weighted by molar-refractivity contribution is 7.86. The zero-order valence-corrected chi connectivity index (χ0v) is 12.3. The lowest BCUT2D eigenvalue weighted by Gasteiger charge is -2.26. The van der Waals surface area contributed by atoms with Crippen molar-refractivity contribution in [2.45, 2.75) is 50.0 Å². The third-order valence-corrected chi connectivity index (χ3v) is 6.75. The predicted octanol–water partition coefficient (Wildman–Crippen LogP) is 3.18. The molecule has 2 unspecified atom stereocenters. The number of hydrogen-bond acceptors (Lipinski definition) is 2. The molecule has 1 aromatic rings. The molecule has 0 N–H and O–H groups in total. The average Bonchev–Trinajstić information content (AvgIpc) is 2.61. The second kappa shape index (κ2) is 4.86. The molecule has 3 rings (SSSR count). The highest BCUT2D eigenvalue weighted by atomic mass is 32.2. The van der Waals surface area contributed by atoms with E-state index in [0.717, 1.165) is 36.8 Å². The lowest BCUT2D eigenvalue weighted by molar-refractivity contribution is 0.0905. The summed E-state index contributed by atoms with van der Waals surface area (Å²) in [5.74, 6) is 0.364. The fourth-order valence-electron chi connectivity index (χ4n) is 3.56. The van der Waals surface area contributed by atoms with Crippen molar-refractivity contribution in [3.05, 3.63) is 34.9 Å². The van der Waals surface area contributed by atoms with Gasteiger partial charge in [0.2, 0.25) is 0 Å². The Balaban J connectivity index is 1.83. The normalized spacial score (nSPS) is 33.4. The summed E-state index contributed by atoms with van der Waals surface area (Å²) in [5.41, 5.74) is 3.13. The molecule has 0 amide bonds. The highest BCUT2D eigenvalue weighted by Crippen LogP contribution is 2.40. The molecule has 3 heteroatoms. The number of hydrogen-bond donors (Lipinski definition) is 0. The summed E-state index contributed by atoms with van der Waals surface area (Å²) in [5, 5.41) is 0.553. The van der Waals surface area contributed by atoms with Gasteiger partial charge < -0.3 is 0 Å². The number of aryl methyl sites for hydroxylation is 2. The van der Waals surface area contributed by atoms with Crippen LogP contribution in [-0.4, -0.2) is 20.5 Å². The van der Waals surface area contributed by atoms with Crippen LogP contribution in [0.2, 0.25) is 0 Å². The standard InChI is InChI=1S/C16H20O2S/c1-10-3-6-15(11(2)7-10)16(17)12-8-13-4-5-14(9-12)19(13)18/h3,6-7,12-14H,4-5,8-9H2,1-2H3. The number of Topliss-reactive ketones (excluding diaryl/α,β-unsaturated/α-hetero) is 1. The van der Waals surface area contributed by atoms with Crippen LogP contribution in [0.3, 0.4) is 0 Å². The minimum Gasteiger partial charge on any atom is -0.294 e. The van der Waals surface area contributed by atoms with Crippen molar-refractivity contribution >= 4 is 16.6 Å². The molecule has 19 heavy (non-hydrogen) atoms. The first-order chi connectivity index (χ1) is 9.06. The molecule has 0 spiro atoms. The fourth-order valence-corrected chi connectivity index (χ4v) is 5.68. The number of ketones is 1. The van der Waals surface area contributed by atoms with Crippen molar-refractivity contribution in [3.8, 4) is 0 Å². The van der Waals surface area contributed by atoms with Gasteiger partial charge >= 0.3 is 0 Å². The van der Waals surface area contributed by atoms with Crippen LogP contribution in [-0.2, 0) is 10.8 Å². The van der Waals surface area contributed by atoms with E-state index in [0.29, 0.717) is 0 Å². The van der Waals surface area contributed by atoms with E-state index in [9.17, 15) is 9.00 Å². The number of carbonyl (C=O) groups is 1. The maximum atomic E-state index is 12.7. The summed E-state index contributed by atoms with van der Waals surface area (Å²) in [4.78, 5) is 12.7. The Morgan fingerprint density at radius 1 is 1.16 bits per heavy atom. The monoisotopic (exact) mass is 276 g/mol. The van der Waals surface area contributed by atoms with Gasteiger partial charge in [-0.2, -0.15) is 0 Å². The Kier molecular flexibility index (Phi) is 3.34. The van der Waals surface area contributed by atoms with E-state index in [1.165, 1.54) is 5.56 Å². The van der Waals surface area contributed by atoms with Crippen LogP contribution >= 0.6 is 0 Å². The Labute approximate surface area is 117 Å². The molecule has 2 aliphatic rings. The first-order valence-corrected chi connectivity index (χ1v) is 8.34. The van der Waals surface area contributed by atoms with Crippen LogP contribution in [0, 0.1) is 19.8 Å². The summed E-state index contributed by atoms with van der Waals surface area (Å²) in [6.45, 7) is 4.06. The van der Waals surface area contributed by atoms with Crippen molar-refractivity contribution in [2.75, 3.05) is 0 Å². The summed E-state index contributed by atoms with van der Waals surface area (Å²) in [6, 6.07) is 6.04. The minimum absolute atomic E-state index is 0.0941. The van der Waals surface area contributed by atoms with E-state index >= 15 is 0 Å². The van der Waals surface area contributed by atoms with Gasteiger partial charge in [0.15, 0.2) is 5.78 Å². The van der Waals surface area contributed by atoms with Gasteiger partial charge in [0.05, 0.1) is 0 Å². The summed E-state index contributed by atoms with van der Waals surface area (Å²) in [7, 11) is -0.673. The topological polar surface area (TPSA) is 34.1 Å². The molecule has 2 nitrogen and oxygen atoms in total. The SMILES string of the molecule is Cc1ccc(C(=O)C2CC3CCC(C2)S3=O)c(C)c1. The minimum atomic E-state index is -0.673. The van der Waals surface area contributed by atoms with E-state index in [4.69, 9.17) is 0 Å². The highest BCUT2D eigenvalue weighted by Gasteiger charge is 2.42. The third-order valence-electron chi connectivity index (χ3n) is 4.58. The molecule has 2 bridgehead atoms. The van der Waals surface area contributed by atoms with E-state index in [1.54, 1.807) is 0 Å². The molecule has 1 aromatic carbocycles. The van der Waals surface area contributed by atoms with E-state index < -0.39 is 10.8 Å². The van der Waals surface area contributed by atoms with Crippen LogP contribution in [0.1, 0.15) is 47.2 Å². The zero-order valence-electron chi connectivity index (χ0n) is 11.5. The summed E-state index contributed by atoms with van der Waals surface area (Å²) >= 11 is 0. The Morgan fingerprint density at radius 2 is 1.79 bits per heavy atom. The molecule has 102 valence electrons. The molecule has 2 saturated heterocycles. The number of benzene rings is 1. The van der Waals surface area contributed by atoms with Crippen molar-refractivity contribution < 1.29 is 9.00 Å². The maximum Gasteiger partial charge on any atom is 0.166 e. The molecular formula is C16H20O2S. The summed E-state index contributed by atoms with van der Waals surface area (Å²) < 4.78 is 12.0. The number of fused-ring (bicyclic) bond motifs is 2. The van der Waals surface area contributed by atoms with Crippen molar-refractivity contribution in [3.63, 3.8) is 0 Å². The summed E-state index contributed by atoms with van der Waals surface area (Å²) in [6.07, 6.45) is 3.76. The molecule has 2 fully saturated rings. The van der Waals surface area contributed by atoms with E-state index in [1.807, 2.05) is 26.0 Å². The number of rotatable bonds is 2. The Hall–Kier alpha value is -0.960. The molecular weight excluding hydrogens is 256 g/mol. The molecule has 0 aromatic heterocycles. The first kappa shape index (κ1) is 13.0. The van der Waals surface area contributed by atoms with Crippen molar-refractivity contribution in [2.24, 2.45) is 5.92 Å². The lowest BCUT2D eigenvalue weighted by Crippen LogP contribution is -2.32. The molecule has 0 radical (unpaired) electrons. The molecule has 0 saturated carbocycles. The quantitative estimate of drug-likeness (QED) is 0.777. The van der Waals surface area contributed by atoms with Gasteiger partial charge in [-0.25, -0.2) is 0 Å². The Morgan fingerprint density at radius 3 is 2.37 bits per heavy atom. The molecule has 2 aliphatic heterocycles. The van der Waals surface area contributed by atoms with Crippen LogP contribution in [0.15, 0.2) is 18.2 Å². The van der Waals surface area contributed by atoms with Gasteiger partial charge in [0.1, 0.15) is 0 Å². The fraction of sp³-hybridized carbons (Fsp3) is 0.562. The van der Waals surface area contributed by atoms with Crippen molar-refractivity contribution in [1.29, 1.82) is 0 Å². The second-order valence-corrected chi connectivity index (χ2v) is 7.99. The van der Waals surface area contributed by atoms with Gasteiger partial charge in [-0.1, -0.05) is 23.8 Å². The number of carbonyl (C=O) groups excluding carboxylic acids is 1. The molecule has 2 heterocycles. The molecule has 2 atom stereocenters. The van der Waals surface area contributed by atoms with E-state index in [2.05, 4.69) is 6.07 Å². The second-order valence-electron chi connectivity index (χ2n) is 6.00. The van der Waals surface area contributed by atoms with Crippen LogP contribution < -0.4 is 0 Å². The Bertz CT molecular complexity index is 534. The maximum absolute atomic E-state index is 12.7. The van der Waals surface area contributed by atoms with Crippen molar-refractivity contribution in [1.82, 2.24) is 0 Å². The van der Waals surface area contributed by atoms with Gasteiger partial charge in [-0.05, 0) is 45.1 Å². The average molecular weight is 276 g/mol.